The number of methoxy groups -OCH3 is 1. The van der Waals surface area contributed by atoms with Crippen LogP contribution in [0.4, 0.5) is 0 Å². The van der Waals surface area contributed by atoms with E-state index >= 15 is 0 Å². The van der Waals surface area contributed by atoms with Crippen LogP contribution in [0.25, 0.3) is 0 Å². The van der Waals surface area contributed by atoms with Crippen molar-refractivity contribution in [1.29, 1.82) is 0 Å². The van der Waals surface area contributed by atoms with Gasteiger partial charge in [0.05, 0.1) is 6.61 Å². The number of hydrogen-bond donors (Lipinski definition) is 4. The Kier molecular flexibility index (Phi) is 4.63. The van der Waals surface area contributed by atoms with Crippen LogP contribution in [0.1, 0.15) is 6.92 Å². The summed E-state index contributed by atoms with van der Waals surface area (Å²) in [4.78, 5) is 10.8. The lowest BCUT2D eigenvalue weighted by molar-refractivity contribution is -0.255. The van der Waals surface area contributed by atoms with Crippen molar-refractivity contribution in [1.82, 2.24) is 5.32 Å². The van der Waals surface area contributed by atoms with Gasteiger partial charge in [-0.1, -0.05) is 0 Å². The minimum Gasteiger partial charge on any atom is -0.388 e. The number of rotatable bonds is 3. The van der Waals surface area contributed by atoms with Crippen LogP contribution in [-0.2, 0) is 14.3 Å². The van der Waals surface area contributed by atoms with Crippen LogP contribution < -0.4 is 5.32 Å². The van der Waals surface area contributed by atoms with Gasteiger partial charge in [0.1, 0.15) is 24.4 Å². The minimum atomic E-state index is -1.37. The molecule has 0 spiro atoms. The standard InChI is InChI=1S/C9H17NO6/c1-4(11)10-6-8(13)7(12)5(3-15-2)16-9(6)14/h5-9,12-14H,3H2,1-2H3,(H,10,11)/t5?,6-,7-,8?,9?/m1/s1. The Labute approximate surface area is 93.0 Å². The Morgan fingerprint density at radius 3 is 2.50 bits per heavy atom. The monoisotopic (exact) mass is 235 g/mol. The van der Waals surface area contributed by atoms with Gasteiger partial charge in [-0.2, -0.15) is 0 Å². The number of carbonyl (C=O) groups excluding carboxylic acids is 1. The van der Waals surface area contributed by atoms with Gasteiger partial charge in [-0.05, 0) is 0 Å². The molecule has 0 bridgehead atoms. The minimum absolute atomic E-state index is 0.0437. The Balaban J connectivity index is 2.67. The van der Waals surface area contributed by atoms with E-state index in [4.69, 9.17) is 9.47 Å². The Morgan fingerprint density at radius 2 is 2.00 bits per heavy atom. The van der Waals surface area contributed by atoms with Crippen LogP contribution >= 0.6 is 0 Å². The van der Waals surface area contributed by atoms with Crippen molar-refractivity contribution in [3.8, 4) is 0 Å². The maximum absolute atomic E-state index is 10.8. The summed E-state index contributed by atoms with van der Waals surface area (Å²) in [6.45, 7) is 1.29. The van der Waals surface area contributed by atoms with Crippen molar-refractivity contribution >= 4 is 5.91 Å². The van der Waals surface area contributed by atoms with E-state index in [0.717, 1.165) is 0 Å². The maximum atomic E-state index is 10.8. The number of ether oxygens (including phenoxy) is 2. The summed E-state index contributed by atoms with van der Waals surface area (Å²) >= 11 is 0. The molecule has 0 aliphatic carbocycles. The van der Waals surface area contributed by atoms with Crippen LogP contribution in [0.3, 0.4) is 0 Å². The lowest BCUT2D eigenvalue weighted by Crippen LogP contribution is -2.64. The molecule has 1 rings (SSSR count). The molecule has 1 aliphatic rings. The molecular weight excluding hydrogens is 218 g/mol. The first-order chi connectivity index (χ1) is 7.47. The normalized spacial score (nSPS) is 39.4. The second kappa shape index (κ2) is 5.55. The average molecular weight is 235 g/mol. The van der Waals surface area contributed by atoms with Gasteiger partial charge in [0, 0.05) is 14.0 Å². The van der Waals surface area contributed by atoms with Gasteiger partial charge in [-0.25, -0.2) is 0 Å². The highest BCUT2D eigenvalue weighted by Crippen LogP contribution is 2.20. The quantitative estimate of drug-likeness (QED) is 0.433. The summed E-state index contributed by atoms with van der Waals surface area (Å²) in [5, 5.41) is 31.2. The van der Waals surface area contributed by atoms with Crippen molar-refractivity contribution in [3.63, 3.8) is 0 Å². The number of nitrogens with one attached hydrogen (secondary N) is 1. The topological polar surface area (TPSA) is 108 Å². The molecule has 5 atom stereocenters. The molecule has 4 N–H and O–H groups in total. The highest BCUT2D eigenvalue weighted by atomic mass is 16.6. The highest BCUT2D eigenvalue weighted by Gasteiger charge is 2.44. The SMILES string of the molecule is COCC1OC(O)[C@H](NC(C)=O)C(O)[C@@H]1O. The fourth-order valence-electron chi connectivity index (χ4n) is 1.64. The summed E-state index contributed by atoms with van der Waals surface area (Å²) in [6.07, 6.45) is -4.71. The predicted molar refractivity (Wildman–Crippen MR) is 52.4 cm³/mol. The maximum Gasteiger partial charge on any atom is 0.217 e. The molecule has 7 heteroatoms. The number of aliphatic hydroxyl groups is 3. The molecular formula is C9H17NO6. The number of amides is 1. The molecule has 1 fully saturated rings. The van der Waals surface area contributed by atoms with Crippen molar-refractivity contribution < 1.29 is 29.6 Å². The van der Waals surface area contributed by atoms with E-state index in [2.05, 4.69) is 5.32 Å². The lowest BCUT2D eigenvalue weighted by atomic mass is 9.97. The van der Waals surface area contributed by atoms with Gasteiger partial charge in [-0.3, -0.25) is 4.79 Å². The molecule has 1 saturated heterocycles. The van der Waals surface area contributed by atoms with Gasteiger partial charge in [0.25, 0.3) is 0 Å². The molecule has 16 heavy (non-hydrogen) atoms. The average Bonchev–Trinajstić information content (AvgIpc) is 2.21. The van der Waals surface area contributed by atoms with E-state index in [-0.39, 0.29) is 6.61 Å². The summed E-state index contributed by atoms with van der Waals surface area (Å²) in [5.41, 5.74) is 0. The number of carbonyl (C=O) groups is 1. The molecule has 7 nitrogen and oxygen atoms in total. The smallest absolute Gasteiger partial charge is 0.217 e. The van der Waals surface area contributed by atoms with Crippen LogP contribution in [0.5, 0.6) is 0 Å². The third-order valence-corrected chi connectivity index (χ3v) is 2.42. The second-order valence-corrected chi connectivity index (χ2v) is 3.73. The molecule has 0 aromatic carbocycles. The largest absolute Gasteiger partial charge is 0.388 e. The first-order valence-corrected chi connectivity index (χ1v) is 4.93. The third-order valence-electron chi connectivity index (χ3n) is 2.42. The molecule has 94 valence electrons. The van der Waals surface area contributed by atoms with E-state index < -0.39 is 36.6 Å². The first kappa shape index (κ1) is 13.3. The zero-order valence-electron chi connectivity index (χ0n) is 9.16. The highest BCUT2D eigenvalue weighted by molar-refractivity contribution is 5.73. The van der Waals surface area contributed by atoms with Gasteiger partial charge < -0.3 is 30.1 Å². The van der Waals surface area contributed by atoms with Crippen LogP contribution in [0.15, 0.2) is 0 Å². The van der Waals surface area contributed by atoms with Crippen molar-refractivity contribution in [2.24, 2.45) is 0 Å². The van der Waals surface area contributed by atoms with Crippen LogP contribution in [0.2, 0.25) is 0 Å². The van der Waals surface area contributed by atoms with E-state index in [1.165, 1.54) is 14.0 Å². The molecule has 0 aromatic rings. The number of aliphatic hydroxyl groups excluding tert-OH is 3. The van der Waals surface area contributed by atoms with Gasteiger partial charge >= 0.3 is 0 Å². The third kappa shape index (κ3) is 2.89. The Morgan fingerprint density at radius 1 is 1.38 bits per heavy atom. The zero-order valence-corrected chi connectivity index (χ0v) is 9.16. The van der Waals surface area contributed by atoms with E-state index in [9.17, 15) is 20.1 Å². The summed E-state index contributed by atoms with van der Waals surface area (Å²) in [5.74, 6) is -0.427. The van der Waals surface area contributed by atoms with Crippen LogP contribution in [0, 0.1) is 0 Å². The fraction of sp³-hybridized carbons (Fsp3) is 0.889. The zero-order chi connectivity index (χ0) is 12.3. The summed E-state index contributed by atoms with van der Waals surface area (Å²) in [6, 6.07) is -1.04. The molecule has 3 unspecified atom stereocenters. The predicted octanol–water partition coefficient (Wildman–Crippen LogP) is -2.42. The summed E-state index contributed by atoms with van der Waals surface area (Å²) in [7, 11) is 1.41. The van der Waals surface area contributed by atoms with Crippen LogP contribution in [-0.4, -0.2) is 65.6 Å². The summed E-state index contributed by atoms with van der Waals surface area (Å²) < 4.78 is 9.80. The molecule has 0 saturated carbocycles. The van der Waals surface area contributed by atoms with E-state index in [0.29, 0.717) is 0 Å². The second-order valence-electron chi connectivity index (χ2n) is 3.73. The number of hydrogen-bond acceptors (Lipinski definition) is 6. The molecule has 0 aromatic heterocycles. The van der Waals surface area contributed by atoms with Crippen molar-refractivity contribution in [2.75, 3.05) is 13.7 Å². The van der Waals surface area contributed by atoms with E-state index in [1.54, 1.807) is 0 Å². The van der Waals surface area contributed by atoms with Crippen molar-refractivity contribution in [2.45, 2.75) is 37.6 Å². The molecule has 1 heterocycles. The van der Waals surface area contributed by atoms with Gasteiger partial charge in [0.2, 0.25) is 5.91 Å². The Bertz CT molecular complexity index is 248. The molecule has 0 radical (unpaired) electrons. The first-order valence-electron chi connectivity index (χ1n) is 4.93. The van der Waals surface area contributed by atoms with E-state index in [1.807, 2.05) is 0 Å². The Hall–Kier alpha value is -0.730. The van der Waals surface area contributed by atoms with Gasteiger partial charge in [-0.15, -0.1) is 0 Å². The van der Waals surface area contributed by atoms with Crippen molar-refractivity contribution in [3.05, 3.63) is 0 Å². The lowest BCUT2D eigenvalue weighted by Gasteiger charge is -2.40. The molecule has 1 aliphatic heterocycles. The molecule has 1 amide bonds. The van der Waals surface area contributed by atoms with Gasteiger partial charge in [0.15, 0.2) is 6.29 Å². The fourth-order valence-corrected chi connectivity index (χ4v) is 1.64.